The average Bonchev–Trinajstić information content (AvgIpc) is 2.93. The molecule has 0 radical (unpaired) electrons. The second kappa shape index (κ2) is 6.76. The average molecular weight is 337 g/mol. The van der Waals surface area contributed by atoms with E-state index in [-0.39, 0.29) is 6.04 Å². The first-order valence-corrected chi connectivity index (χ1v) is 7.97. The first kappa shape index (κ1) is 16.7. The molecular weight excluding hydrogens is 318 g/mol. The Kier molecular flexibility index (Phi) is 4.52. The number of nitrogens with zero attached hydrogens (tertiary/aromatic N) is 1. The van der Waals surface area contributed by atoms with Gasteiger partial charge in [-0.2, -0.15) is 0 Å². The van der Waals surface area contributed by atoms with Crippen molar-refractivity contribution in [3.8, 4) is 0 Å². The number of carbonyl (C=O) groups is 2. The van der Waals surface area contributed by atoms with Crippen LogP contribution in [0, 0.1) is 13.8 Å². The van der Waals surface area contributed by atoms with Crippen LogP contribution in [-0.4, -0.2) is 16.8 Å². The van der Waals surface area contributed by atoms with Crippen molar-refractivity contribution in [2.24, 2.45) is 0 Å². The molecule has 2 heterocycles. The molecule has 0 fully saturated rings. The third-order valence-electron chi connectivity index (χ3n) is 3.95. The molecule has 6 nitrogen and oxygen atoms in total. The van der Waals surface area contributed by atoms with Crippen LogP contribution in [0.5, 0.6) is 0 Å². The number of anilines is 1. The van der Waals surface area contributed by atoms with Crippen molar-refractivity contribution in [1.29, 1.82) is 0 Å². The summed E-state index contributed by atoms with van der Waals surface area (Å²) < 4.78 is 5.45. The number of carbonyl (C=O) groups excluding carboxylic acids is 2. The van der Waals surface area contributed by atoms with Crippen LogP contribution in [0.3, 0.4) is 0 Å². The second-order valence-corrected chi connectivity index (χ2v) is 5.93. The standard InChI is InChI=1S/C19H19N3O3/c1-11-8-16(13(3)25-11)12(2)21-18(23)19(24)22-15-9-14-6-4-5-7-17(14)20-10-15/h4-10,12H,1-3H3,(H,21,23)(H,22,24). The number of rotatable bonds is 3. The Labute approximate surface area is 145 Å². The first-order chi connectivity index (χ1) is 11.9. The van der Waals surface area contributed by atoms with Gasteiger partial charge in [-0.1, -0.05) is 18.2 Å². The first-order valence-electron chi connectivity index (χ1n) is 7.97. The molecule has 25 heavy (non-hydrogen) atoms. The second-order valence-electron chi connectivity index (χ2n) is 5.93. The molecule has 0 spiro atoms. The minimum atomic E-state index is -0.734. The quantitative estimate of drug-likeness (QED) is 0.719. The zero-order valence-electron chi connectivity index (χ0n) is 14.3. The van der Waals surface area contributed by atoms with Gasteiger partial charge in [0.05, 0.1) is 23.4 Å². The Balaban J connectivity index is 1.67. The van der Waals surface area contributed by atoms with Crippen LogP contribution in [0.25, 0.3) is 10.9 Å². The molecule has 2 N–H and O–H groups in total. The molecule has 6 heteroatoms. The fraction of sp³-hybridized carbons (Fsp3) is 0.211. The highest BCUT2D eigenvalue weighted by atomic mass is 16.3. The normalized spacial score (nSPS) is 12.0. The van der Waals surface area contributed by atoms with Crippen LogP contribution in [0.15, 0.2) is 47.0 Å². The number of aryl methyl sites for hydroxylation is 2. The lowest BCUT2D eigenvalue weighted by Gasteiger charge is -2.13. The zero-order chi connectivity index (χ0) is 18.0. The van der Waals surface area contributed by atoms with Gasteiger partial charge >= 0.3 is 11.8 Å². The predicted octanol–water partition coefficient (Wildman–Crippen LogP) is 3.26. The molecule has 128 valence electrons. The van der Waals surface area contributed by atoms with Crippen molar-refractivity contribution < 1.29 is 14.0 Å². The Morgan fingerprint density at radius 1 is 1.12 bits per heavy atom. The van der Waals surface area contributed by atoms with Gasteiger partial charge in [0.25, 0.3) is 0 Å². The molecule has 1 aromatic carbocycles. The maximum absolute atomic E-state index is 12.1. The van der Waals surface area contributed by atoms with Crippen LogP contribution in [0.1, 0.15) is 30.0 Å². The van der Waals surface area contributed by atoms with E-state index in [1.54, 1.807) is 13.0 Å². The molecule has 0 aliphatic heterocycles. The highest BCUT2D eigenvalue weighted by molar-refractivity contribution is 6.39. The van der Waals surface area contributed by atoms with Crippen LogP contribution in [0.2, 0.25) is 0 Å². The van der Waals surface area contributed by atoms with Crippen molar-refractivity contribution in [3.63, 3.8) is 0 Å². The molecule has 1 unspecified atom stereocenters. The van der Waals surface area contributed by atoms with E-state index in [2.05, 4.69) is 15.6 Å². The smallest absolute Gasteiger partial charge is 0.313 e. The number of benzene rings is 1. The Morgan fingerprint density at radius 3 is 2.60 bits per heavy atom. The van der Waals surface area contributed by atoms with Gasteiger partial charge in [0.15, 0.2) is 0 Å². The van der Waals surface area contributed by atoms with E-state index < -0.39 is 11.8 Å². The van der Waals surface area contributed by atoms with Gasteiger partial charge in [-0.3, -0.25) is 14.6 Å². The van der Waals surface area contributed by atoms with Crippen LogP contribution < -0.4 is 10.6 Å². The summed E-state index contributed by atoms with van der Waals surface area (Å²) in [5.74, 6) is 0.0467. The molecular formula is C19H19N3O3. The van der Waals surface area contributed by atoms with E-state index in [4.69, 9.17) is 4.42 Å². The summed E-state index contributed by atoms with van der Waals surface area (Å²) in [6.45, 7) is 5.47. The van der Waals surface area contributed by atoms with Crippen LogP contribution in [0.4, 0.5) is 5.69 Å². The third-order valence-corrected chi connectivity index (χ3v) is 3.95. The number of nitrogens with one attached hydrogen (secondary N) is 2. The summed E-state index contributed by atoms with van der Waals surface area (Å²) in [5, 5.41) is 6.14. The molecule has 0 bridgehead atoms. The monoisotopic (exact) mass is 337 g/mol. The summed E-state index contributed by atoms with van der Waals surface area (Å²) in [6.07, 6.45) is 1.53. The van der Waals surface area contributed by atoms with Gasteiger partial charge in [-0.25, -0.2) is 0 Å². The van der Waals surface area contributed by atoms with E-state index in [0.717, 1.165) is 28.0 Å². The molecule has 0 aliphatic rings. The molecule has 2 amide bonds. The minimum Gasteiger partial charge on any atom is -0.466 e. The largest absolute Gasteiger partial charge is 0.466 e. The zero-order valence-corrected chi connectivity index (χ0v) is 14.3. The maximum Gasteiger partial charge on any atom is 0.313 e. The van der Waals surface area contributed by atoms with Crippen LogP contribution in [-0.2, 0) is 9.59 Å². The number of para-hydroxylation sites is 1. The van der Waals surface area contributed by atoms with Crippen molar-refractivity contribution in [3.05, 3.63) is 59.7 Å². The lowest BCUT2D eigenvalue weighted by atomic mass is 10.1. The Morgan fingerprint density at radius 2 is 1.88 bits per heavy atom. The van der Waals surface area contributed by atoms with Crippen molar-refractivity contribution >= 4 is 28.4 Å². The molecule has 3 rings (SSSR count). The molecule has 2 aromatic heterocycles. The number of hydrogen-bond acceptors (Lipinski definition) is 4. The summed E-state index contributed by atoms with van der Waals surface area (Å²) in [5.41, 5.74) is 2.15. The SMILES string of the molecule is Cc1cc(C(C)NC(=O)C(=O)Nc2cnc3ccccc3c2)c(C)o1. The summed E-state index contributed by atoms with van der Waals surface area (Å²) in [4.78, 5) is 28.5. The van der Waals surface area contributed by atoms with Crippen molar-refractivity contribution in [1.82, 2.24) is 10.3 Å². The number of amides is 2. The van der Waals surface area contributed by atoms with Gasteiger partial charge in [0.1, 0.15) is 11.5 Å². The van der Waals surface area contributed by atoms with Gasteiger partial charge in [-0.05, 0) is 39.0 Å². The molecule has 0 saturated carbocycles. The highest BCUT2D eigenvalue weighted by Crippen LogP contribution is 2.21. The predicted molar refractivity (Wildman–Crippen MR) is 95.1 cm³/mol. The van der Waals surface area contributed by atoms with E-state index >= 15 is 0 Å². The molecule has 0 aliphatic carbocycles. The third kappa shape index (κ3) is 3.68. The van der Waals surface area contributed by atoms with Gasteiger partial charge in [-0.15, -0.1) is 0 Å². The van der Waals surface area contributed by atoms with Crippen LogP contribution >= 0.6 is 0 Å². The fourth-order valence-corrected chi connectivity index (χ4v) is 2.75. The van der Waals surface area contributed by atoms with Gasteiger partial charge in [0.2, 0.25) is 0 Å². The summed E-state index contributed by atoms with van der Waals surface area (Å²) in [6, 6.07) is 10.9. The maximum atomic E-state index is 12.1. The number of pyridine rings is 1. The highest BCUT2D eigenvalue weighted by Gasteiger charge is 2.20. The number of furan rings is 1. The molecule has 3 aromatic rings. The number of hydrogen-bond donors (Lipinski definition) is 2. The molecule has 1 atom stereocenters. The van der Waals surface area contributed by atoms with Crippen molar-refractivity contribution in [2.45, 2.75) is 26.8 Å². The lowest BCUT2D eigenvalue weighted by Crippen LogP contribution is -2.37. The number of aromatic nitrogens is 1. The number of fused-ring (bicyclic) bond motifs is 1. The van der Waals surface area contributed by atoms with E-state index in [9.17, 15) is 9.59 Å². The Bertz CT molecular complexity index is 946. The summed E-state index contributed by atoms with van der Waals surface area (Å²) in [7, 11) is 0. The van der Waals surface area contributed by atoms with E-state index in [1.165, 1.54) is 6.20 Å². The van der Waals surface area contributed by atoms with Gasteiger partial charge in [0, 0.05) is 10.9 Å². The molecule has 0 saturated heterocycles. The van der Waals surface area contributed by atoms with E-state index in [1.807, 2.05) is 44.2 Å². The topological polar surface area (TPSA) is 84.2 Å². The fourth-order valence-electron chi connectivity index (χ4n) is 2.75. The van der Waals surface area contributed by atoms with Gasteiger partial charge < -0.3 is 15.1 Å². The lowest BCUT2D eigenvalue weighted by molar-refractivity contribution is -0.136. The van der Waals surface area contributed by atoms with Crippen molar-refractivity contribution in [2.75, 3.05) is 5.32 Å². The summed E-state index contributed by atoms with van der Waals surface area (Å²) >= 11 is 0. The Hall–Kier alpha value is -3.15. The minimum absolute atomic E-state index is 0.328. The van der Waals surface area contributed by atoms with E-state index in [0.29, 0.717) is 5.69 Å².